The van der Waals surface area contributed by atoms with Crippen LogP contribution in [0.1, 0.15) is 30.5 Å². The van der Waals surface area contributed by atoms with Crippen LogP contribution in [-0.4, -0.2) is 13.7 Å². The van der Waals surface area contributed by atoms with E-state index in [1.165, 1.54) is 11.1 Å². The van der Waals surface area contributed by atoms with Crippen LogP contribution < -0.4 is 10.1 Å². The van der Waals surface area contributed by atoms with Crippen LogP contribution in [-0.2, 0) is 0 Å². The Bertz CT molecular complexity index is 450. The van der Waals surface area contributed by atoms with Gasteiger partial charge in [0.25, 0.3) is 0 Å². The van der Waals surface area contributed by atoms with Gasteiger partial charge in [0, 0.05) is 0 Å². The van der Waals surface area contributed by atoms with Gasteiger partial charge in [0.2, 0.25) is 0 Å². The van der Waals surface area contributed by atoms with Crippen LogP contribution in [0, 0.1) is 0 Å². The van der Waals surface area contributed by atoms with Gasteiger partial charge in [0.15, 0.2) is 0 Å². The van der Waals surface area contributed by atoms with Crippen molar-refractivity contribution in [2.24, 2.45) is 0 Å². The van der Waals surface area contributed by atoms with Gasteiger partial charge in [-0.15, -0.1) is 0 Å². The number of hydrogen-bond donors (Lipinski definition) is 1. The number of methoxy groups -OCH3 is 1. The summed E-state index contributed by atoms with van der Waals surface area (Å²) in [5.41, 5.74) is 2.61. The fraction of sp³-hybridized carbons (Fsp3) is 0.333. The van der Waals surface area contributed by atoms with Crippen molar-refractivity contribution in [1.29, 1.82) is 0 Å². The van der Waals surface area contributed by atoms with E-state index in [1.54, 1.807) is 18.4 Å². The van der Waals surface area contributed by atoms with Gasteiger partial charge < -0.3 is 10.1 Å². The predicted octanol–water partition coefficient (Wildman–Crippen LogP) is 3.85. The van der Waals surface area contributed by atoms with Gasteiger partial charge >= 0.3 is 0 Å². The van der Waals surface area contributed by atoms with Gasteiger partial charge in [-0.1, -0.05) is 19.1 Å². The molecule has 1 aromatic carbocycles. The minimum atomic E-state index is 0.280. The molecule has 0 aliphatic rings. The van der Waals surface area contributed by atoms with Crippen molar-refractivity contribution in [2.45, 2.75) is 19.4 Å². The normalized spacial score (nSPS) is 12.3. The molecule has 96 valence electrons. The summed E-state index contributed by atoms with van der Waals surface area (Å²) >= 11 is 1.74. The van der Waals surface area contributed by atoms with Gasteiger partial charge in [0.05, 0.1) is 13.2 Å². The van der Waals surface area contributed by atoms with Gasteiger partial charge in [-0.05, 0) is 53.1 Å². The van der Waals surface area contributed by atoms with E-state index in [0.29, 0.717) is 0 Å². The highest BCUT2D eigenvalue weighted by atomic mass is 32.1. The second-order valence-electron chi connectivity index (χ2n) is 4.22. The molecule has 0 aliphatic carbocycles. The third-order valence-corrected chi connectivity index (χ3v) is 3.63. The average Bonchev–Trinajstić information content (AvgIpc) is 2.94. The maximum absolute atomic E-state index is 5.20. The zero-order chi connectivity index (χ0) is 12.8. The van der Waals surface area contributed by atoms with Gasteiger partial charge in [-0.3, -0.25) is 0 Å². The number of ether oxygens (including phenoxy) is 1. The first-order valence-corrected chi connectivity index (χ1v) is 7.19. The highest BCUT2D eigenvalue weighted by molar-refractivity contribution is 7.08. The summed E-state index contributed by atoms with van der Waals surface area (Å²) in [5.74, 6) is 0.901. The highest BCUT2D eigenvalue weighted by Gasteiger charge is 2.13. The Morgan fingerprint density at radius 1 is 1.17 bits per heavy atom. The number of benzene rings is 1. The van der Waals surface area contributed by atoms with Crippen molar-refractivity contribution in [3.63, 3.8) is 0 Å². The fourth-order valence-electron chi connectivity index (χ4n) is 1.95. The second-order valence-corrected chi connectivity index (χ2v) is 5.00. The molecule has 0 saturated heterocycles. The molecular weight excluding hydrogens is 242 g/mol. The maximum Gasteiger partial charge on any atom is 0.118 e. The molecule has 0 radical (unpaired) electrons. The Morgan fingerprint density at radius 2 is 1.94 bits per heavy atom. The Balaban J connectivity index is 2.21. The molecule has 2 rings (SSSR count). The molecule has 1 atom stereocenters. The zero-order valence-corrected chi connectivity index (χ0v) is 11.7. The van der Waals surface area contributed by atoms with Gasteiger partial charge in [0.1, 0.15) is 5.75 Å². The quantitative estimate of drug-likeness (QED) is 0.853. The first kappa shape index (κ1) is 13.1. The van der Waals surface area contributed by atoms with Crippen molar-refractivity contribution in [3.8, 4) is 5.75 Å². The smallest absolute Gasteiger partial charge is 0.118 e. The summed E-state index contributed by atoms with van der Waals surface area (Å²) in [4.78, 5) is 0. The minimum Gasteiger partial charge on any atom is -0.497 e. The molecule has 3 heteroatoms. The minimum absolute atomic E-state index is 0.280. The standard InChI is InChI=1S/C15H19NOS/c1-3-9-16-15(13-8-10-18-11-13)12-4-6-14(17-2)7-5-12/h4-8,10-11,15-16H,3,9H2,1-2H3. The topological polar surface area (TPSA) is 21.3 Å². The van der Waals surface area contributed by atoms with Crippen LogP contribution >= 0.6 is 11.3 Å². The van der Waals surface area contributed by atoms with E-state index < -0.39 is 0 Å². The molecule has 18 heavy (non-hydrogen) atoms. The van der Waals surface area contributed by atoms with Gasteiger partial charge in [-0.25, -0.2) is 0 Å². The van der Waals surface area contributed by atoms with Crippen LogP contribution in [0.2, 0.25) is 0 Å². The molecule has 0 bridgehead atoms. The number of thiophene rings is 1. The zero-order valence-electron chi connectivity index (χ0n) is 10.8. The van der Waals surface area contributed by atoms with Crippen LogP contribution in [0.15, 0.2) is 41.1 Å². The Hall–Kier alpha value is -1.32. The molecule has 0 aliphatic heterocycles. The third-order valence-electron chi connectivity index (χ3n) is 2.92. The van der Waals surface area contributed by atoms with E-state index >= 15 is 0 Å². The van der Waals surface area contributed by atoms with Crippen molar-refractivity contribution >= 4 is 11.3 Å². The molecule has 1 N–H and O–H groups in total. The van der Waals surface area contributed by atoms with Crippen LogP contribution in [0.5, 0.6) is 5.75 Å². The Morgan fingerprint density at radius 3 is 2.50 bits per heavy atom. The van der Waals surface area contributed by atoms with E-state index in [1.807, 2.05) is 12.1 Å². The molecule has 1 unspecified atom stereocenters. The molecule has 0 amide bonds. The van der Waals surface area contributed by atoms with Crippen LogP contribution in [0.4, 0.5) is 0 Å². The number of hydrogen-bond acceptors (Lipinski definition) is 3. The lowest BCUT2D eigenvalue weighted by atomic mass is 10.0. The number of rotatable bonds is 6. The fourth-order valence-corrected chi connectivity index (χ4v) is 2.64. The van der Waals surface area contributed by atoms with Crippen molar-refractivity contribution < 1.29 is 4.74 Å². The third kappa shape index (κ3) is 3.12. The number of nitrogens with one attached hydrogen (secondary N) is 1. The van der Waals surface area contributed by atoms with Crippen molar-refractivity contribution in [2.75, 3.05) is 13.7 Å². The van der Waals surface area contributed by atoms with Gasteiger partial charge in [-0.2, -0.15) is 11.3 Å². The van der Waals surface area contributed by atoms with E-state index in [-0.39, 0.29) is 6.04 Å². The van der Waals surface area contributed by atoms with E-state index in [2.05, 4.69) is 41.2 Å². The summed E-state index contributed by atoms with van der Waals surface area (Å²) < 4.78 is 5.20. The molecule has 0 saturated carbocycles. The van der Waals surface area contributed by atoms with E-state index in [9.17, 15) is 0 Å². The molecule has 2 nitrogen and oxygen atoms in total. The lowest BCUT2D eigenvalue weighted by Crippen LogP contribution is -2.22. The summed E-state index contributed by atoms with van der Waals surface area (Å²) in [6.45, 7) is 3.21. The summed E-state index contributed by atoms with van der Waals surface area (Å²) in [6, 6.07) is 10.8. The summed E-state index contributed by atoms with van der Waals surface area (Å²) in [5, 5.41) is 7.92. The summed E-state index contributed by atoms with van der Waals surface area (Å²) in [7, 11) is 1.70. The Labute approximate surface area is 113 Å². The van der Waals surface area contributed by atoms with E-state index in [0.717, 1.165) is 18.7 Å². The molecule has 1 aromatic heterocycles. The maximum atomic E-state index is 5.20. The summed E-state index contributed by atoms with van der Waals surface area (Å²) in [6.07, 6.45) is 1.14. The molecule has 0 spiro atoms. The lowest BCUT2D eigenvalue weighted by molar-refractivity contribution is 0.414. The van der Waals surface area contributed by atoms with Crippen LogP contribution in [0.25, 0.3) is 0 Å². The lowest BCUT2D eigenvalue weighted by Gasteiger charge is -2.18. The SMILES string of the molecule is CCCNC(c1ccc(OC)cc1)c1ccsc1. The average molecular weight is 261 g/mol. The first-order chi connectivity index (χ1) is 8.85. The molecule has 0 fully saturated rings. The predicted molar refractivity (Wildman–Crippen MR) is 77.4 cm³/mol. The van der Waals surface area contributed by atoms with E-state index in [4.69, 9.17) is 4.74 Å². The largest absolute Gasteiger partial charge is 0.497 e. The highest BCUT2D eigenvalue weighted by Crippen LogP contribution is 2.25. The molecular formula is C15H19NOS. The van der Waals surface area contributed by atoms with Crippen LogP contribution in [0.3, 0.4) is 0 Å². The monoisotopic (exact) mass is 261 g/mol. The first-order valence-electron chi connectivity index (χ1n) is 6.24. The molecule has 1 heterocycles. The molecule has 2 aromatic rings. The Kier molecular flexibility index (Phi) is 4.79. The van der Waals surface area contributed by atoms with Crippen molar-refractivity contribution in [1.82, 2.24) is 5.32 Å². The van der Waals surface area contributed by atoms with Crippen molar-refractivity contribution in [3.05, 3.63) is 52.2 Å². The second kappa shape index (κ2) is 6.57.